The number of H-pyrrole nitrogens is 1. The van der Waals surface area contributed by atoms with Gasteiger partial charge < -0.3 is 14.8 Å². The predicted octanol–water partition coefficient (Wildman–Crippen LogP) is 0.638. The molecule has 1 aromatic carbocycles. The fourth-order valence-electron chi connectivity index (χ4n) is 3.95. The van der Waals surface area contributed by atoms with Gasteiger partial charge in [0, 0.05) is 42.7 Å². The van der Waals surface area contributed by atoms with Crippen LogP contribution >= 0.6 is 0 Å². The van der Waals surface area contributed by atoms with Crippen LogP contribution in [0.2, 0.25) is 0 Å². The van der Waals surface area contributed by atoms with E-state index in [0.29, 0.717) is 18.7 Å². The van der Waals surface area contributed by atoms with Gasteiger partial charge in [-0.2, -0.15) is 0 Å². The van der Waals surface area contributed by atoms with Crippen LogP contribution in [0.1, 0.15) is 17.3 Å². The highest BCUT2D eigenvalue weighted by Gasteiger charge is 2.48. The van der Waals surface area contributed by atoms with E-state index in [4.69, 9.17) is 0 Å². The van der Waals surface area contributed by atoms with Gasteiger partial charge in [-0.1, -0.05) is 0 Å². The van der Waals surface area contributed by atoms with Gasteiger partial charge in [0.2, 0.25) is 5.91 Å². The Bertz CT molecular complexity index is 965. The lowest BCUT2D eigenvalue weighted by molar-refractivity contribution is -0.133. The molecule has 2 aliphatic rings. The van der Waals surface area contributed by atoms with Gasteiger partial charge in [0.1, 0.15) is 0 Å². The van der Waals surface area contributed by atoms with Crippen LogP contribution < -0.4 is 0 Å². The van der Waals surface area contributed by atoms with Gasteiger partial charge in [0.25, 0.3) is 5.91 Å². The maximum atomic E-state index is 13.0. The molecule has 0 saturated carbocycles. The van der Waals surface area contributed by atoms with E-state index < -0.39 is 21.9 Å². The Morgan fingerprint density at radius 3 is 2.48 bits per heavy atom. The number of carbonyl (C=O) groups is 2. The summed E-state index contributed by atoms with van der Waals surface area (Å²) in [5, 5.41) is 0.934. The molecular formula is C17H19N3O4S. The lowest BCUT2D eigenvalue weighted by atomic mass is 10.0. The third-order valence-corrected chi connectivity index (χ3v) is 6.84. The van der Waals surface area contributed by atoms with E-state index in [1.54, 1.807) is 15.9 Å². The number of piperazine rings is 1. The standard InChI is InChI=1S/C17H19N3O4S/c1-11(21)19-6-7-20(16-10-25(23,24)9-15(16)19)17(22)13-2-3-14-12(8-13)4-5-18-14/h2-5,8,15-16,18H,6-7,9-10H2,1H3/t15-,16+/m1/s1. The molecule has 4 rings (SSSR count). The highest BCUT2D eigenvalue weighted by molar-refractivity contribution is 7.91. The van der Waals surface area contributed by atoms with Crippen molar-refractivity contribution >= 4 is 32.6 Å². The number of aromatic amines is 1. The van der Waals surface area contributed by atoms with E-state index in [1.807, 2.05) is 24.4 Å². The minimum absolute atomic E-state index is 0.0716. The number of carbonyl (C=O) groups excluding carboxylic acids is 2. The molecule has 0 unspecified atom stereocenters. The summed E-state index contributed by atoms with van der Waals surface area (Å²) in [5.74, 6) is -0.483. The van der Waals surface area contributed by atoms with Crippen LogP contribution in [-0.2, 0) is 14.6 Å². The second kappa shape index (κ2) is 5.59. The van der Waals surface area contributed by atoms with E-state index in [0.717, 1.165) is 10.9 Å². The van der Waals surface area contributed by atoms with Crippen molar-refractivity contribution in [2.24, 2.45) is 0 Å². The van der Waals surface area contributed by atoms with Crippen molar-refractivity contribution in [3.8, 4) is 0 Å². The number of nitrogens with zero attached hydrogens (tertiary/aromatic N) is 2. The molecule has 1 aromatic heterocycles. The van der Waals surface area contributed by atoms with Crippen molar-refractivity contribution in [3.05, 3.63) is 36.0 Å². The normalized spacial score (nSPS) is 25.2. The second-order valence-corrected chi connectivity index (χ2v) is 8.86. The molecule has 2 saturated heterocycles. The van der Waals surface area contributed by atoms with Crippen LogP contribution in [0.5, 0.6) is 0 Å². The first-order valence-electron chi connectivity index (χ1n) is 8.21. The molecule has 3 heterocycles. The number of hydrogen-bond donors (Lipinski definition) is 1. The molecular weight excluding hydrogens is 342 g/mol. The number of hydrogen-bond acceptors (Lipinski definition) is 4. The summed E-state index contributed by atoms with van der Waals surface area (Å²) in [6, 6.07) is 6.37. The SMILES string of the molecule is CC(=O)N1CCN(C(=O)c2ccc3[nH]ccc3c2)[C@H]2CS(=O)(=O)C[C@H]21. The summed E-state index contributed by atoms with van der Waals surface area (Å²) in [6.45, 7) is 2.16. The van der Waals surface area contributed by atoms with Gasteiger partial charge in [-0.25, -0.2) is 8.42 Å². The average Bonchev–Trinajstić information content (AvgIpc) is 3.14. The van der Waals surface area contributed by atoms with Gasteiger partial charge >= 0.3 is 0 Å². The molecule has 2 fully saturated rings. The molecule has 25 heavy (non-hydrogen) atoms. The van der Waals surface area contributed by atoms with Crippen molar-refractivity contribution < 1.29 is 18.0 Å². The largest absolute Gasteiger partial charge is 0.361 e. The van der Waals surface area contributed by atoms with E-state index in [9.17, 15) is 18.0 Å². The summed E-state index contributed by atoms with van der Waals surface area (Å²) in [7, 11) is -3.26. The number of rotatable bonds is 1. The van der Waals surface area contributed by atoms with Crippen molar-refractivity contribution in [3.63, 3.8) is 0 Å². The average molecular weight is 361 g/mol. The molecule has 8 heteroatoms. The lowest BCUT2D eigenvalue weighted by Crippen LogP contribution is -2.61. The third-order valence-electron chi connectivity index (χ3n) is 5.14. The molecule has 132 valence electrons. The van der Waals surface area contributed by atoms with Crippen LogP contribution in [0.4, 0.5) is 0 Å². The smallest absolute Gasteiger partial charge is 0.254 e. The first-order valence-corrected chi connectivity index (χ1v) is 10.0. The molecule has 0 bridgehead atoms. The Morgan fingerprint density at radius 2 is 1.76 bits per heavy atom. The Morgan fingerprint density at radius 1 is 1.08 bits per heavy atom. The predicted molar refractivity (Wildman–Crippen MR) is 93.0 cm³/mol. The number of amides is 2. The fraction of sp³-hybridized carbons (Fsp3) is 0.412. The number of benzene rings is 1. The van der Waals surface area contributed by atoms with Crippen LogP contribution in [-0.4, -0.2) is 71.7 Å². The highest BCUT2D eigenvalue weighted by Crippen LogP contribution is 2.28. The van der Waals surface area contributed by atoms with Crippen LogP contribution in [0.25, 0.3) is 10.9 Å². The Hall–Kier alpha value is -2.35. The monoisotopic (exact) mass is 361 g/mol. The zero-order chi connectivity index (χ0) is 17.8. The quantitative estimate of drug-likeness (QED) is 0.807. The van der Waals surface area contributed by atoms with Crippen LogP contribution in [0.3, 0.4) is 0 Å². The van der Waals surface area contributed by atoms with E-state index in [1.165, 1.54) is 6.92 Å². The highest BCUT2D eigenvalue weighted by atomic mass is 32.2. The second-order valence-electron chi connectivity index (χ2n) is 6.70. The summed E-state index contributed by atoms with van der Waals surface area (Å²) in [6.07, 6.45) is 1.81. The molecule has 2 aliphatic heterocycles. The molecule has 1 N–H and O–H groups in total. The molecule has 0 spiro atoms. The van der Waals surface area contributed by atoms with Gasteiger partial charge in [-0.15, -0.1) is 0 Å². The minimum Gasteiger partial charge on any atom is -0.361 e. The van der Waals surface area contributed by atoms with E-state index >= 15 is 0 Å². The molecule has 2 atom stereocenters. The fourth-order valence-corrected chi connectivity index (χ4v) is 5.93. The summed E-state index contributed by atoms with van der Waals surface area (Å²) in [5.41, 5.74) is 1.48. The molecule has 2 aromatic rings. The van der Waals surface area contributed by atoms with Crippen LogP contribution in [0, 0.1) is 0 Å². The molecule has 7 nitrogen and oxygen atoms in total. The Kier molecular flexibility index (Phi) is 3.61. The number of aromatic nitrogens is 1. The topological polar surface area (TPSA) is 90.6 Å². The van der Waals surface area contributed by atoms with Gasteiger partial charge in [0.05, 0.1) is 23.6 Å². The molecule has 2 amide bonds. The lowest BCUT2D eigenvalue weighted by Gasteiger charge is -2.43. The first-order chi connectivity index (χ1) is 11.9. The number of fused-ring (bicyclic) bond motifs is 2. The van der Waals surface area contributed by atoms with Crippen molar-refractivity contribution in [1.82, 2.24) is 14.8 Å². The molecule has 0 aliphatic carbocycles. The summed E-state index contributed by atoms with van der Waals surface area (Å²) in [4.78, 5) is 31.2. The van der Waals surface area contributed by atoms with Crippen LogP contribution in [0.15, 0.2) is 30.5 Å². The number of sulfone groups is 1. The zero-order valence-corrected chi connectivity index (χ0v) is 14.6. The summed E-state index contributed by atoms with van der Waals surface area (Å²) < 4.78 is 24.3. The zero-order valence-electron chi connectivity index (χ0n) is 13.8. The van der Waals surface area contributed by atoms with Crippen molar-refractivity contribution in [2.45, 2.75) is 19.0 Å². The third kappa shape index (κ3) is 2.70. The summed E-state index contributed by atoms with van der Waals surface area (Å²) >= 11 is 0. The van der Waals surface area contributed by atoms with Gasteiger partial charge in [-0.3, -0.25) is 9.59 Å². The van der Waals surface area contributed by atoms with Gasteiger partial charge in [0.15, 0.2) is 9.84 Å². The van der Waals surface area contributed by atoms with Crippen molar-refractivity contribution in [2.75, 3.05) is 24.6 Å². The number of nitrogens with one attached hydrogen (secondary N) is 1. The van der Waals surface area contributed by atoms with Crippen molar-refractivity contribution in [1.29, 1.82) is 0 Å². The molecule has 0 radical (unpaired) electrons. The van der Waals surface area contributed by atoms with E-state index in [-0.39, 0.29) is 23.3 Å². The minimum atomic E-state index is -3.26. The first kappa shape index (κ1) is 16.1. The maximum Gasteiger partial charge on any atom is 0.254 e. The van der Waals surface area contributed by atoms with E-state index in [2.05, 4.69) is 4.98 Å². The van der Waals surface area contributed by atoms with Gasteiger partial charge in [-0.05, 0) is 24.3 Å². The Balaban J connectivity index is 1.67. The Labute approximate surface area is 145 Å². The maximum absolute atomic E-state index is 13.0.